The lowest BCUT2D eigenvalue weighted by molar-refractivity contribution is 0.0940. The molecule has 1 aromatic carbocycles. The van der Waals surface area contributed by atoms with Gasteiger partial charge in [0.15, 0.2) is 0 Å². The van der Waals surface area contributed by atoms with Crippen molar-refractivity contribution in [3.63, 3.8) is 0 Å². The van der Waals surface area contributed by atoms with E-state index in [0.717, 1.165) is 4.88 Å². The van der Waals surface area contributed by atoms with E-state index in [9.17, 15) is 9.59 Å². The summed E-state index contributed by atoms with van der Waals surface area (Å²) >= 11 is 1.61. The molecule has 6 heteroatoms. The summed E-state index contributed by atoms with van der Waals surface area (Å²) < 4.78 is 4.92. The number of carbonyl (C=O) groups is 2. The van der Waals surface area contributed by atoms with E-state index in [1.807, 2.05) is 24.4 Å². The number of benzene rings is 1. The topological polar surface area (TPSA) is 58.6 Å². The van der Waals surface area contributed by atoms with Crippen LogP contribution in [0.1, 0.15) is 28.2 Å². The second kappa shape index (κ2) is 6.19. The van der Waals surface area contributed by atoms with Crippen LogP contribution >= 0.6 is 11.3 Å². The number of anilines is 1. The van der Waals surface area contributed by atoms with Gasteiger partial charge in [0.1, 0.15) is 6.61 Å². The number of thiophene rings is 1. The van der Waals surface area contributed by atoms with Gasteiger partial charge in [0, 0.05) is 16.1 Å². The van der Waals surface area contributed by atoms with Crippen LogP contribution in [-0.2, 0) is 4.74 Å². The van der Waals surface area contributed by atoms with Crippen molar-refractivity contribution in [1.82, 2.24) is 5.32 Å². The predicted molar refractivity (Wildman–Crippen MR) is 85.3 cm³/mol. The van der Waals surface area contributed by atoms with Crippen molar-refractivity contribution in [2.75, 3.05) is 18.1 Å². The number of ether oxygens (including phenoxy) is 1. The van der Waals surface area contributed by atoms with Crippen molar-refractivity contribution in [2.45, 2.75) is 13.0 Å². The van der Waals surface area contributed by atoms with Gasteiger partial charge in [-0.3, -0.25) is 9.69 Å². The molecule has 1 saturated heterocycles. The molecule has 5 nitrogen and oxygen atoms in total. The van der Waals surface area contributed by atoms with Crippen molar-refractivity contribution < 1.29 is 14.3 Å². The molecule has 3 rings (SSSR count). The Morgan fingerprint density at radius 3 is 2.91 bits per heavy atom. The zero-order chi connectivity index (χ0) is 15.5. The third-order valence-electron chi connectivity index (χ3n) is 3.50. The Balaban J connectivity index is 1.74. The maximum Gasteiger partial charge on any atom is 0.414 e. The Kier molecular flexibility index (Phi) is 4.11. The van der Waals surface area contributed by atoms with Gasteiger partial charge in [0.2, 0.25) is 0 Å². The number of nitrogens with one attached hydrogen (secondary N) is 1. The van der Waals surface area contributed by atoms with Gasteiger partial charge in [-0.2, -0.15) is 0 Å². The van der Waals surface area contributed by atoms with Crippen LogP contribution in [-0.4, -0.2) is 25.2 Å². The number of carbonyl (C=O) groups excluding carboxylic acids is 2. The lowest BCUT2D eigenvalue weighted by Crippen LogP contribution is -2.27. The summed E-state index contributed by atoms with van der Waals surface area (Å²) in [5.74, 6) is -0.157. The fourth-order valence-electron chi connectivity index (χ4n) is 2.33. The molecule has 1 aliphatic heterocycles. The zero-order valence-electron chi connectivity index (χ0n) is 12.1. The molecular formula is C16H16N2O3S. The second-order valence-corrected chi connectivity index (χ2v) is 6.01. The van der Waals surface area contributed by atoms with E-state index < -0.39 is 0 Å². The number of amides is 2. The van der Waals surface area contributed by atoms with Gasteiger partial charge in [-0.25, -0.2) is 4.79 Å². The first kappa shape index (κ1) is 14.6. The molecule has 1 atom stereocenters. The summed E-state index contributed by atoms with van der Waals surface area (Å²) in [6.45, 7) is 2.84. The molecule has 2 amide bonds. The molecule has 1 N–H and O–H groups in total. The molecule has 2 aromatic rings. The molecule has 1 aliphatic rings. The Morgan fingerprint density at radius 1 is 1.36 bits per heavy atom. The minimum Gasteiger partial charge on any atom is -0.447 e. The Morgan fingerprint density at radius 2 is 2.23 bits per heavy atom. The molecule has 22 heavy (non-hydrogen) atoms. The van der Waals surface area contributed by atoms with Gasteiger partial charge < -0.3 is 10.1 Å². The molecule has 1 fully saturated rings. The molecular weight excluding hydrogens is 300 g/mol. The highest BCUT2D eigenvalue weighted by Crippen LogP contribution is 2.22. The highest BCUT2D eigenvalue weighted by atomic mass is 32.1. The third-order valence-corrected chi connectivity index (χ3v) is 4.55. The van der Waals surface area contributed by atoms with Crippen LogP contribution in [0.15, 0.2) is 41.8 Å². The summed E-state index contributed by atoms with van der Waals surface area (Å²) in [5.41, 5.74) is 1.21. The maximum absolute atomic E-state index is 12.4. The second-order valence-electron chi connectivity index (χ2n) is 5.03. The highest BCUT2D eigenvalue weighted by Gasteiger charge is 2.24. The number of rotatable bonds is 4. The van der Waals surface area contributed by atoms with Crippen LogP contribution in [0.25, 0.3) is 0 Å². The van der Waals surface area contributed by atoms with Crippen LogP contribution in [0.4, 0.5) is 10.5 Å². The Labute approximate surface area is 132 Å². The van der Waals surface area contributed by atoms with Crippen LogP contribution in [0.5, 0.6) is 0 Å². The molecule has 0 saturated carbocycles. The summed E-state index contributed by atoms with van der Waals surface area (Å²) in [5, 5.41) is 4.95. The molecule has 0 unspecified atom stereocenters. The fourth-order valence-corrected chi connectivity index (χ4v) is 3.07. The minimum absolute atomic E-state index is 0.0482. The van der Waals surface area contributed by atoms with Gasteiger partial charge in [-0.1, -0.05) is 12.1 Å². The maximum atomic E-state index is 12.4. The summed E-state index contributed by atoms with van der Waals surface area (Å²) in [6, 6.07) is 10.9. The van der Waals surface area contributed by atoms with E-state index in [-0.39, 0.29) is 18.0 Å². The molecule has 0 aliphatic carbocycles. The highest BCUT2D eigenvalue weighted by molar-refractivity contribution is 7.10. The minimum atomic E-state index is -0.371. The first-order chi connectivity index (χ1) is 10.6. The van der Waals surface area contributed by atoms with Crippen molar-refractivity contribution >= 4 is 29.0 Å². The van der Waals surface area contributed by atoms with E-state index >= 15 is 0 Å². The van der Waals surface area contributed by atoms with Crippen molar-refractivity contribution in [3.05, 3.63) is 52.2 Å². The monoisotopic (exact) mass is 316 g/mol. The standard InChI is InChI=1S/C16H16N2O3S/c1-11(14-6-3-9-22-14)17-15(19)12-4-2-5-13(10-12)18-7-8-21-16(18)20/h2-6,9-11H,7-8H2,1H3,(H,17,19)/t11-/m1/s1. The first-order valence-corrected chi connectivity index (χ1v) is 7.92. The zero-order valence-corrected chi connectivity index (χ0v) is 12.9. The predicted octanol–water partition coefficient (Wildman–Crippen LogP) is 3.20. The Bertz CT molecular complexity index is 684. The summed E-state index contributed by atoms with van der Waals surface area (Å²) in [7, 11) is 0. The van der Waals surface area contributed by atoms with E-state index in [0.29, 0.717) is 24.4 Å². The number of hydrogen-bond acceptors (Lipinski definition) is 4. The van der Waals surface area contributed by atoms with Gasteiger partial charge in [0.05, 0.1) is 12.6 Å². The van der Waals surface area contributed by atoms with Gasteiger partial charge in [-0.05, 0) is 36.6 Å². The number of hydrogen-bond donors (Lipinski definition) is 1. The first-order valence-electron chi connectivity index (χ1n) is 7.04. The average molecular weight is 316 g/mol. The summed E-state index contributed by atoms with van der Waals surface area (Å²) in [4.78, 5) is 26.6. The fraction of sp³-hybridized carbons (Fsp3) is 0.250. The van der Waals surface area contributed by atoms with Crippen LogP contribution in [0.2, 0.25) is 0 Å². The normalized spacial score (nSPS) is 15.5. The van der Waals surface area contributed by atoms with E-state index in [4.69, 9.17) is 4.74 Å². The lowest BCUT2D eigenvalue weighted by atomic mass is 10.1. The van der Waals surface area contributed by atoms with Crippen molar-refractivity contribution in [3.8, 4) is 0 Å². The number of cyclic esters (lactones) is 1. The van der Waals surface area contributed by atoms with Crippen molar-refractivity contribution in [1.29, 1.82) is 0 Å². The van der Waals surface area contributed by atoms with Gasteiger partial charge in [-0.15, -0.1) is 11.3 Å². The molecule has 114 valence electrons. The molecule has 2 heterocycles. The molecule has 0 bridgehead atoms. The Hall–Kier alpha value is -2.34. The van der Waals surface area contributed by atoms with Gasteiger partial charge in [0.25, 0.3) is 5.91 Å². The van der Waals surface area contributed by atoms with E-state index in [1.54, 1.807) is 35.6 Å². The van der Waals surface area contributed by atoms with Crippen LogP contribution in [0, 0.1) is 0 Å². The average Bonchev–Trinajstić information content (AvgIpc) is 3.18. The molecule has 0 spiro atoms. The number of nitrogens with zero attached hydrogens (tertiary/aromatic N) is 1. The van der Waals surface area contributed by atoms with E-state index in [2.05, 4.69) is 5.32 Å². The SMILES string of the molecule is C[C@@H](NC(=O)c1cccc(N2CCOC2=O)c1)c1cccs1. The van der Waals surface area contributed by atoms with E-state index in [1.165, 1.54) is 4.90 Å². The molecule has 0 radical (unpaired) electrons. The van der Waals surface area contributed by atoms with Gasteiger partial charge >= 0.3 is 6.09 Å². The quantitative estimate of drug-likeness (QED) is 0.942. The third kappa shape index (κ3) is 2.96. The smallest absolute Gasteiger partial charge is 0.414 e. The van der Waals surface area contributed by atoms with Crippen molar-refractivity contribution in [2.24, 2.45) is 0 Å². The molecule has 1 aromatic heterocycles. The lowest BCUT2D eigenvalue weighted by Gasteiger charge is -2.15. The largest absolute Gasteiger partial charge is 0.447 e. The van der Waals surface area contributed by atoms with Crippen LogP contribution in [0.3, 0.4) is 0 Å². The summed E-state index contributed by atoms with van der Waals surface area (Å²) in [6.07, 6.45) is -0.371. The van der Waals surface area contributed by atoms with Crippen LogP contribution < -0.4 is 10.2 Å².